The maximum atomic E-state index is 8.17. The van der Waals surface area contributed by atoms with Gasteiger partial charge in [0.15, 0.2) is 11.8 Å². The quantitative estimate of drug-likeness (QED) is 0.403. The van der Waals surface area contributed by atoms with Crippen molar-refractivity contribution in [3.63, 3.8) is 0 Å². The molecular formula is C26H39N5. The van der Waals surface area contributed by atoms with E-state index in [1.54, 1.807) is 11.1 Å². The zero-order valence-corrected chi connectivity index (χ0v) is 20.3. The predicted molar refractivity (Wildman–Crippen MR) is 127 cm³/mol. The minimum atomic E-state index is 0.291. The molecular weight excluding hydrogens is 382 g/mol. The molecule has 0 saturated heterocycles. The van der Waals surface area contributed by atoms with E-state index < -0.39 is 0 Å². The summed E-state index contributed by atoms with van der Waals surface area (Å²) in [5, 5.41) is 0. The van der Waals surface area contributed by atoms with Crippen LogP contribution in [0.5, 0.6) is 0 Å². The van der Waals surface area contributed by atoms with Crippen LogP contribution in [0.25, 0.3) is 16.9 Å². The summed E-state index contributed by atoms with van der Waals surface area (Å²) in [6, 6.07) is 0. The molecule has 0 unspecified atom stereocenters. The van der Waals surface area contributed by atoms with Crippen LogP contribution in [0.15, 0.2) is 35.4 Å². The van der Waals surface area contributed by atoms with Gasteiger partial charge >= 0.3 is 5.65 Å². The van der Waals surface area contributed by atoms with Gasteiger partial charge in [0.05, 0.1) is 19.9 Å². The van der Waals surface area contributed by atoms with Crippen molar-refractivity contribution >= 4 is 17.0 Å². The van der Waals surface area contributed by atoms with Crippen LogP contribution in [0.4, 0.5) is 5.82 Å². The van der Waals surface area contributed by atoms with Crippen molar-refractivity contribution < 1.29 is 4.57 Å². The lowest BCUT2D eigenvalue weighted by atomic mass is 9.55. The van der Waals surface area contributed by atoms with Gasteiger partial charge in [-0.2, -0.15) is 0 Å². The zero-order chi connectivity index (χ0) is 22.4. The molecule has 2 aromatic heterocycles. The standard InChI is InChI=1S/C26H39N5/c1-18(12-15-31-17-30(6)24-22(31)23(27)28-16-29-24)11-14-26(5)19(2)9-10-20-21(26)8-7-13-25(20,3)4/h12,16-17,19H,7-11,13-15H2,1-6H3,(H-,27,28,29)/b18-12+/t19-,26+/m1/s1. The van der Waals surface area contributed by atoms with Gasteiger partial charge in [0.2, 0.25) is 0 Å². The van der Waals surface area contributed by atoms with E-state index in [4.69, 9.17) is 5.73 Å². The Labute approximate surface area is 187 Å². The van der Waals surface area contributed by atoms with E-state index in [2.05, 4.69) is 55.2 Å². The number of hydrogen-bond donors (Lipinski definition) is 0. The molecule has 168 valence electrons. The maximum absolute atomic E-state index is 8.17. The van der Waals surface area contributed by atoms with Gasteiger partial charge in [-0.25, -0.2) is 4.57 Å². The van der Waals surface area contributed by atoms with Gasteiger partial charge in [-0.1, -0.05) is 50.5 Å². The van der Waals surface area contributed by atoms with Crippen LogP contribution in [0.3, 0.4) is 0 Å². The van der Waals surface area contributed by atoms with E-state index in [9.17, 15) is 0 Å². The lowest BCUT2D eigenvalue weighted by Crippen LogP contribution is -2.37. The third-order valence-corrected chi connectivity index (χ3v) is 8.43. The van der Waals surface area contributed by atoms with Gasteiger partial charge in [0.25, 0.3) is 0 Å². The fourth-order valence-corrected chi connectivity index (χ4v) is 6.08. The summed E-state index contributed by atoms with van der Waals surface area (Å²) in [7, 11) is 1.98. The average molecular weight is 422 g/mol. The molecule has 0 aromatic carbocycles. The minimum Gasteiger partial charge on any atom is -0.479 e. The van der Waals surface area contributed by atoms with Crippen molar-refractivity contribution in [2.75, 3.05) is 0 Å². The molecule has 0 saturated carbocycles. The van der Waals surface area contributed by atoms with Crippen molar-refractivity contribution in [3.8, 4) is 0 Å². The Hall–Kier alpha value is -2.17. The van der Waals surface area contributed by atoms with Gasteiger partial charge in [0, 0.05) is 0 Å². The number of imidazole rings is 1. The number of aromatic nitrogens is 4. The number of allylic oxidation sites excluding steroid dienone is 4. The molecule has 2 aliphatic rings. The number of hydrogen-bond acceptors (Lipinski definition) is 2. The number of fused-ring (bicyclic) bond motifs is 1. The Morgan fingerprint density at radius 3 is 2.81 bits per heavy atom. The van der Waals surface area contributed by atoms with E-state index >= 15 is 0 Å². The molecule has 2 aromatic rings. The zero-order valence-electron chi connectivity index (χ0n) is 20.3. The number of nitrogens with zero attached hydrogens (tertiary/aromatic N) is 4. The maximum Gasteiger partial charge on any atom is 0.300 e. The second kappa shape index (κ2) is 8.07. The van der Waals surface area contributed by atoms with Crippen LogP contribution in [0.1, 0.15) is 79.6 Å². The Balaban J connectivity index is 1.52. The van der Waals surface area contributed by atoms with E-state index in [1.165, 1.54) is 50.4 Å². The van der Waals surface area contributed by atoms with E-state index in [0.29, 0.717) is 16.6 Å². The Morgan fingerprint density at radius 1 is 1.26 bits per heavy atom. The molecule has 4 rings (SSSR count). The summed E-state index contributed by atoms with van der Waals surface area (Å²) in [5.74, 6) is 1.04. The van der Waals surface area contributed by atoms with Crippen LogP contribution in [0.2, 0.25) is 0 Å². The molecule has 0 bridgehead atoms. The summed E-state index contributed by atoms with van der Waals surface area (Å²) in [6.45, 7) is 13.0. The molecule has 0 fully saturated rings. The first-order valence-corrected chi connectivity index (χ1v) is 11.9. The molecule has 2 atom stereocenters. The van der Waals surface area contributed by atoms with Gasteiger partial charge in [-0.15, -0.1) is 4.98 Å². The summed E-state index contributed by atoms with van der Waals surface area (Å²) in [6.07, 6.45) is 14.8. The first-order chi connectivity index (χ1) is 14.6. The first kappa shape index (κ1) is 22.0. The normalized spacial score (nSPS) is 26.4. The molecule has 2 aliphatic carbocycles. The Morgan fingerprint density at radius 2 is 2.03 bits per heavy atom. The fraction of sp³-hybridized carbons (Fsp3) is 0.654. The SMILES string of the molecule is C/C(=C\Cn1c[n+](C)c2ncnc([NH-])c21)CC[C@]1(C)C2=C(CC[C@H]1C)C(C)(C)CCC2. The summed E-state index contributed by atoms with van der Waals surface area (Å²) in [5.41, 5.74) is 15.5. The van der Waals surface area contributed by atoms with Crippen molar-refractivity contribution in [3.05, 3.63) is 41.2 Å². The lowest BCUT2D eigenvalue weighted by molar-refractivity contribution is -0.647. The topological polar surface area (TPSA) is 58.4 Å². The van der Waals surface area contributed by atoms with Gasteiger partial charge in [-0.05, 0) is 74.4 Å². The van der Waals surface area contributed by atoms with Crippen molar-refractivity contribution in [1.29, 1.82) is 0 Å². The summed E-state index contributed by atoms with van der Waals surface area (Å²) >= 11 is 0. The van der Waals surface area contributed by atoms with Gasteiger partial charge in [0.1, 0.15) is 0 Å². The van der Waals surface area contributed by atoms with E-state index in [-0.39, 0.29) is 0 Å². The highest BCUT2D eigenvalue weighted by atomic mass is 15.2. The van der Waals surface area contributed by atoms with Crippen LogP contribution in [0, 0.1) is 16.7 Å². The molecule has 5 heteroatoms. The molecule has 0 spiro atoms. The second-order valence-corrected chi connectivity index (χ2v) is 10.9. The summed E-state index contributed by atoms with van der Waals surface area (Å²) in [4.78, 5) is 8.41. The van der Waals surface area contributed by atoms with Crippen LogP contribution >= 0.6 is 0 Å². The third kappa shape index (κ3) is 3.92. The monoisotopic (exact) mass is 421 g/mol. The van der Waals surface area contributed by atoms with Gasteiger partial charge < -0.3 is 10.7 Å². The Bertz CT molecular complexity index is 1040. The minimum absolute atomic E-state index is 0.291. The second-order valence-electron chi connectivity index (χ2n) is 10.9. The molecule has 31 heavy (non-hydrogen) atoms. The highest BCUT2D eigenvalue weighted by Crippen LogP contribution is 2.56. The predicted octanol–water partition coefficient (Wildman–Crippen LogP) is 6.61. The van der Waals surface area contributed by atoms with Crippen LogP contribution in [-0.4, -0.2) is 14.5 Å². The molecule has 0 aliphatic heterocycles. The van der Waals surface area contributed by atoms with E-state index in [1.807, 2.05) is 17.9 Å². The van der Waals surface area contributed by atoms with Crippen LogP contribution < -0.4 is 4.57 Å². The highest BCUT2D eigenvalue weighted by Gasteiger charge is 2.43. The summed E-state index contributed by atoms with van der Waals surface area (Å²) < 4.78 is 4.07. The van der Waals surface area contributed by atoms with Crippen molar-refractivity contribution in [2.24, 2.45) is 23.8 Å². The third-order valence-electron chi connectivity index (χ3n) is 8.43. The van der Waals surface area contributed by atoms with Crippen molar-refractivity contribution in [2.45, 2.75) is 86.1 Å². The van der Waals surface area contributed by atoms with Crippen molar-refractivity contribution in [1.82, 2.24) is 14.5 Å². The largest absolute Gasteiger partial charge is 0.479 e. The van der Waals surface area contributed by atoms with Crippen LogP contribution in [-0.2, 0) is 13.6 Å². The molecule has 1 N–H and O–H groups in total. The van der Waals surface area contributed by atoms with E-state index in [0.717, 1.165) is 30.0 Å². The average Bonchev–Trinajstić information content (AvgIpc) is 3.05. The number of rotatable bonds is 5. The number of nitrogens with one attached hydrogen (secondary N) is 1. The molecule has 2 heterocycles. The smallest absolute Gasteiger partial charge is 0.300 e. The molecule has 0 amide bonds. The lowest BCUT2D eigenvalue weighted by Gasteiger charge is -2.50. The molecule has 0 radical (unpaired) electrons. The molecule has 5 nitrogen and oxygen atoms in total. The fourth-order valence-electron chi connectivity index (χ4n) is 6.08. The van der Waals surface area contributed by atoms with Gasteiger partial charge in [-0.3, -0.25) is 4.57 Å². The Kier molecular flexibility index (Phi) is 5.74. The highest BCUT2D eigenvalue weighted by molar-refractivity contribution is 5.80. The number of aryl methyl sites for hydroxylation is 1. The first-order valence-electron chi connectivity index (χ1n) is 11.9.